The van der Waals surface area contributed by atoms with E-state index in [-0.39, 0.29) is 31.1 Å². The van der Waals surface area contributed by atoms with Crippen molar-refractivity contribution in [1.82, 2.24) is 9.80 Å². The molecule has 0 saturated heterocycles. The van der Waals surface area contributed by atoms with Crippen molar-refractivity contribution in [3.8, 4) is 0 Å². The zero-order valence-electron chi connectivity index (χ0n) is 14.9. The van der Waals surface area contributed by atoms with Crippen molar-refractivity contribution in [2.45, 2.75) is 52.2 Å². The Kier molecular flexibility index (Phi) is 6.37. The zero-order chi connectivity index (χ0) is 17.7. The molecule has 0 aliphatic heterocycles. The van der Waals surface area contributed by atoms with Crippen LogP contribution in [-0.2, 0) is 16.1 Å². The van der Waals surface area contributed by atoms with Crippen molar-refractivity contribution in [1.29, 1.82) is 0 Å². The van der Waals surface area contributed by atoms with Gasteiger partial charge in [0.1, 0.15) is 0 Å². The van der Waals surface area contributed by atoms with Gasteiger partial charge in [-0.2, -0.15) is 0 Å². The Labute approximate surface area is 144 Å². The summed E-state index contributed by atoms with van der Waals surface area (Å²) < 4.78 is 0. The normalized spacial score (nSPS) is 15.5. The lowest BCUT2D eigenvalue weighted by Gasteiger charge is -2.33. The third kappa shape index (κ3) is 5.34. The van der Waals surface area contributed by atoms with E-state index in [0.717, 1.165) is 5.56 Å². The van der Waals surface area contributed by atoms with E-state index in [0.29, 0.717) is 12.5 Å². The molecule has 0 spiro atoms. The van der Waals surface area contributed by atoms with Crippen LogP contribution in [0.1, 0.15) is 39.2 Å². The van der Waals surface area contributed by atoms with E-state index < -0.39 is 5.91 Å². The maximum absolute atomic E-state index is 12.9. The predicted molar refractivity (Wildman–Crippen MR) is 95.1 cm³/mol. The molecule has 132 valence electrons. The van der Waals surface area contributed by atoms with Crippen LogP contribution in [-0.4, -0.2) is 46.8 Å². The second-order valence-corrected chi connectivity index (χ2v) is 7.05. The SMILES string of the molecule is CC(C)N(CC(N)=O)CC(=O)N(Cc1ccccc1)[C@@H](C)C1CC1. The van der Waals surface area contributed by atoms with Gasteiger partial charge in [-0.25, -0.2) is 0 Å². The van der Waals surface area contributed by atoms with Crippen molar-refractivity contribution < 1.29 is 9.59 Å². The monoisotopic (exact) mass is 331 g/mol. The van der Waals surface area contributed by atoms with Crippen molar-refractivity contribution in [3.05, 3.63) is 35.9 Å². The summed E-state index contributed by atoms with van der Waals surface area (Å²) in [5.74, 6) is 0.260. The van der Waals surface area contributed by atoms with Gasteiger partial charge in [-0.1, -0.05) is 30.3 Å². The molecule has 1 aliphatic rings. The molecule has 2 amide bonds. The lowest BCUT2D eigenvalue weighted by molar-refractivity contribution is -0.136. The molecule has 1 fully saturated rings. The van der Waals surface area contributed by atoms with Crippen LogP contribution in [0, 0.1) is 5.92 Å². The summed E-state index contributed by atoms with van der Waals surface area (Å²) in [6.07, 6.45) is 2.38. The number of carbonyl (C=O) groups excluding carboxylic acids is 2. The Morgan fingerprint density at radius 1 is 1.12 bits per heavy atom. The average Bonchev–Trinajstić information content (AvgIpc) is 3.36. The van der Waals surface area contributed by atoms with Gasteiger partial charge < -0.3 is 10.6 Å². The van der Waals surface area contributed by atoms with Crippen molar-refractivity contribution in [2.75, 3.05) is 13.1 Å². The summed E-state index contributed by atoms with van der Waals surface area (Å²) in [5.41, 5.74) is 6.45. The molecule has 1 atom stereocenters. The Bertz CT molecular complexity index is 555. The van der Waals surface area contributed by atoms with Gasteiger partial charge in [0.2, 0.25) is 11.8 Å². The highest BCUT2D eigenvalue weighted by molar-refractivity contribution is 5.80. The van der Waals surface area contributed by atoms with E-state index in [1.54, 1.807) is 0 Å². The first-order valence-electron chi connectivity index (χ1n) is 8.74. The first-order chi connectivity index (χ1) is 11.4. The van der Waals surface area contributed by atoms with Crippen LogP contribution in [0.5, 0.6) is 0 Å². The molecule has 0 bridgehead atoms. The predicted octanol–water partition coefficient (Wildman–Crippen LogP) is 2.01. The van der Waals surface area contributed by atoms with E-state index in [4.69, 9.17) is 5.73 Å². The zero-order valence-corrected chi connectivity index (χ0v) is 14.9. The van der Waals surface area contributed by atoms with Crippen molar-refractivity contribution >= 4 is 11.8 Å². The Hall–Kier alpha value is -1.88. The van der Waals surface area contributed by atoms with E-state index in [1.807, 2.05) is 54.0 Å². The lowest BCUT2D eigenvalue weighted by atomic mass is 10.1. The molecule has 2 rings (SSSR count). The highest BCUT2D eigenvalue weighted by Crippen LogP contribution is 2.35. The molecule has 1 aromatic rings. The minimum Gasteiger partial charge on any atom is -0.369 e. The minimum atomic E-state index is -0.402. The second-order valence-electron chi connectivity index (χ2n) is 7.05. The molecule has 0 heterocycles. The Morgan fingerprint density at radius 2 is 1.75 bits per heavy atom. The van der Waals surface area contributed by atoms with Gasteiger partial charge in [-0.15, -0.1) is 0 Å². The number of hydrogen-bond donors (Lipinski definition) is 1. The summed E-state index contributed by atoms with van der Waals surface area (Å²) in [4.78, 5) is 28.0. The van der Waals surface area contributed by atoms with E-state index in [2.05, 4.69) is 6.92 Å². The van der Waals surface area contributed by atoms with Crippen LogP contribution in [0.2, 0.25) is 0 Å². The quantitative estimate of drug-likeness (QED) is 0.753. The van der Waals surface area contributed by atoms with E-state index >= 15 is 0 Å². The molecule has 1 aliphatic carbocycles. The minimum absolute atomic E-state index is 0.0632. The van der Waals surface area contributed by atoms with Crippen LogP contribution < -0.4 is 5.73 Å². The largest absolute Gasteiger partial charge is 0.369 e. The van der Waals surface area contributed by atoms with Crippen molar-refractivity contribution in [3.63, 3.8) is 0 Å². The van der Waals surface area contributed by atoms with Crippen LogP contribution in [0.15, 0.2) is 30.3 Å². The fourth-order valence-corrected chi connectivity index (χ4v) is 2.96. The fraction of sp³-hybridized carbons (Fsp3) is 0.579. The number of nitrogens with zero attached hydrogens (tertiary/aromatic N) is 2. The Morgan fingerprint density at radius 3 is 2.25 bits per heavy atom. The van der Waals surface area contributed by atoms with Gasteiger partial charge >= 0.3 is 0 Å². The molecular weight excluding hydrogens is 302 g/mol. The number of amides is 2. The standard InChI is InChI=1S/C19H29N3O2/c1-14(2)21(12-18(20)23)13-19(24)22(15(3)17-9-10-17)11-16-7-5-4-6-8-16/h4-8,14-15,17H,9-13H2,1-3H3,(H2,20,23)/t15-/m0/s1. The summed E-state index contributed by atoms with van der Waals surface area (Å²) >= 11 is 0. The highest BCUT2D eigenvalue weighted by atomic mass is 16.2. The highest BCUT2D eigenvalue weighted by Gasteiger charge is 2.34. The first-order valence-corrected chi connectivity index (χ1v) is 8.74. The lowest BCUT2D eigenvalue weighted by Crippen LogP contribution is -2.48. The molecule has 5 heteroatoms. The van der Waals surface area contributed by atoms with Crippen LogP contribution in [0.3, 0.4) is 0 Å². The third-order valence-corrected chi connectivity index (χ3v) is 4.74. The van der Waals surface area contributed by atoms with Crippen LogP contribution >= 0.6 is 0 Å². The molecule has 0 radical (unpaired) electrons. The van der Waals surface area contributed by atoms with Crippen LogP contribution in [0.4, 0.5) is 0 Å². The third-order valence-electron chi connectivity index (χ3n) is 4.74. The average molecular weight is 331 g/mol. The topological polar surface area (TPSA) is 66.6 Å². The van der Waals surface area contributed by atoms with Gasteiger partial charge in [-0.05, 0) is 45.1 Å². The number of benzene rings is 1. The first kappa shape index (κ1) is 18.5. The maximum atomic E-state index is 12.9. The molecule has 2 N–H and O–H groups in total. The fourth-order valence-electron chi connectivity index (χ4n) is 2.96. The summed E-state index contributed by atoms with van der Waals surface area (Å²) in [5, 5.41) is 0. The van der Waals surface area contributed by atoms with Gasteiger partial charge in [0.25, 0.3) is 0 Å². The van der Waals surface area contributed by atoms with Gasteiger partial charge in [-0.3, -0.25) is 14.5 Å². The number of hydrogen-bond acceptors (Lipinski definition) is 3. The molecule has 5 nitrogen and oxygen atoms in total. The van der Waals surface area contributed by atoms with Gasteiger partial charge in [0.05, 0.1) is 13.1 Å². The van der Waals surface area contributed by atoms with E-state index in [9.17, 15) is 9.59 Å². The summed E-state index contributed by atoms with van der Waals surface area (Å²) in [6.45, 7) is 7.03. The molecule has 1 saturated carbocycles. The van der Waals surface area contributed by atoms with Gasteiger partial charge in [0.15, 0.2) is 0 Å². The summed E-state index contributed by atoms with van der Waals surface area (Å²) in [6, 6.07) is 10.4. The van der Waals surface area contributed by atoms with Crippen LogP contribution in [0.25, 0.3) is 0 Å². The summed E-state index contributed by atoms with van der Waals surface area (Å²) in [7, 11) is 0. The second kappa shape index (κ2) is 8.29. The molecular formula is C19H29N3O2. The van der Waals surface area contributed by atoms with Gasteiger partial charge in [0, 0.05) is 18.6 Å². The number of carbonyl (C=O) groups is 2. The molecule has 24 heavy (non-hydrogen) atoms. The maximum Gasteiger partial charge on any atom is 0.237 e. The molecule has 0 unspecified atom stereocenters. The van der Waals surface area contributed by atoms with E-state index in [1.165, 1.54) is 12.8 Å². The molecule has 1 aromatic carbocycles. The number of nitrogens with two attached hydrogens (primary N) is 1. The number of primary amides is 1. The Balaban J connectivity index is 2.09. The number of rotatable bonds is 9. The van der Waals surface area contributed by atoms with Crippen molar-refractivity contribution in [2.24, 2.45) is 11.7 Å². The smallest absolute Gasteiger partial charge is 0.237 e. The molecule has 0 aromatic heterocycles.